The highest BCUT2D eigenvalue weighted by molar-refractivity contribution is 5.93. The van der Waals surface area contributed by atoms with Gasteiger partial charge in [-0.1, -0.05) is 0 Å². The molecule has 0 saturated carbocycles. The van der Waals surface area contributed by atoms with Crippen LogP contribution < -0.4 is 16.2 Å². The molecule has 0 aromatic carbocycles. The van der Waals surface area contributed by atoms with Crippen molar-refractivity contribution >= 4 is 5.91 Å². The van der Waals surface area contributed by atoms with Crippen molar-refractivity contribution in [1.82, 2.24) is 20.6 Å². The fourth-order valence-electron chi connectivity index (χ4n) is 2.74. The number of carbonyl (C=O) groups excluding carboxylic acids is 1. The highest BCUT2D eigenvalue weighted by Gasteiger charge is 2.17. The number of fused-ring (bicyclic) bond motifs is 1. The van der Waals surface area contributed by atoms with Crippen molar-refractivity contribution in [2.45, 2.75) is 26.4 Å². The zero-order valence-electron chi connectivity index (χ0n) is 12.4. The van der Waals surface area contributed by atoms with Crippen LogP contribution in [0, 0.1) is 6.92 Å². The van der Waals surface area contributed by atoms with Crippen molar-refractivity contribution in [3.05, 3.63) is 62.8 Å². The SMILES string of the molecule is Cc1ncc2c(c1CNC(=O)c1ccc[nH]c1=O)CCNC2. The molecule has 3 N–H and O–H groups in total. The smallest absolute Gasteiger partial charge is 0.260 e. The summed E-state index contributed by atoms with van der Waals surface area (Å²) < 4.78 is 0. The molecule has 1 aliphatic rings. The van der Waals surface area contributed by atoms with E-state index >= 15 is 0 Å². The predicted molar refractivity (Wildman–Crippen MR) is 82.6 cm³/mol. The molecule has 1 amide bonds. The summed E-state index contributed by atoms with van der Waals surface area (Å²) in [5.41, 5.74) is 4.16. The van der Waals surface area contributed by atoms with Gasteiger partial charge in [-0.15, -0.1) is 0 Å². The van der Waals surface area contributed by atoms with Crippen molar-refractivity contribution < 1.29 is 4.79 Å². The second-order valence-electron chi connectivity index (χ2n) is 5.35. The minimum absolute atomic E-state index is 0.125. The number of hydrogen-bond donors (Lipinski definition) is 3. The Labute approximate surface area is 128 Å². The summed E-state index contributed by atoms with van der Waals surface area (Å²) >= 11 is 0. The van der Waals surface area contributed by atoms with Crippen LogP contribution >= 0.6 is 0 Å². The monoisotopic (exact) mass is 298 g/mol. The lowest BCUT2D eigenvalue weighted by atomic mass is 9.96. The van der Waals surface area contributed by atoms with Gasteiger partial charge in [-0.2, -0.15) is 0 Å². The van der Waals surface area contributed by atoms with Gasteiger partial charge in [-0.25, -0.2) is 0 Å². The first-order chi connectivity index (χ1) is 10.7. The van der Waals surface area contributed by atoms with Gasteiger partial charge in [0.2, 0.25) is 0 Å². The van der Waals surface area contributed by atoms with Gasteiger partial charge in [0.15, 0.2) is 0 Å². The van der Waals surface area contributed by atoms with E-state index < -0.39 is 0 Å². The predicted octanol–water partition coefficient (Wildman–Crippen LogP) is 0.654. The van der Waals surface area contributed by atoms with E-state index in [4.69, 9.17) is 0 Å². The van der Waals surface area contributed by atoms with Crippen molar-refractivity contribution in [2.75, 3.05) is 6.54 Å². The molecule has 0 aliphatic carbocycles. The topological polar surface area (TPSA) is 86.9 Å². The summed E-state index contributed by atoms with van der Waals surface area (Å²) in [5.74, 6) is -0.368. The molecule has 0 spiro atoms. The van der Waals surface area contributed by atoms with Gasteiger partial charge in [0.25, 0.3) is 11.5 Å². The number of aryl methyl sites for hydroxylation is 1. The molecule has 2 aromatic heterocycles. The van der Waals surface area contributed by atoms with Crippen LogP contribution in [0.4, 0.5) is 0 Å². The molecule has 2 aromatic rings. The molecular weight excluding hydrogens is 280 g/mol. The Morgan fingerprint density at radius 2 is 2.32 bits per heavy atom. The summed E-state index contributed by atoms with van der Waals surface area (Å²) in [5, 5.41) is 6.14. The quantitative estimate of drug-likeness (QED) is 0.776. The van der Waals surface area contributed by atoms with Crippen LogP contribution in [0.5, 0.6) is 0 Å². The van der Waals surface area contributed by atoms with Crippen LogP contribution in [0.2, 0.25) is 0 Å². The minimum Gasteiger partial charge on any atom is -0.348 e. The number of rotatable bonds is 3. The van der Waals surface area contributed by atoms with E-state index in [1.807, 2.05) is 13.1 Å². The molecule has 0 fully saturated rings. The maximum atomic E-state index is 12.2. The third kappa shape index (κ3) is 2.78. The van der Waals surface area contributed by atoms with Crippen LogP contribution in [0.25, 0.3) is 0 Å². The van der Waals surface area contributed by atoms with E-state index in [-0.39, 0.29) is 17.0 Å². The van der Waals surface area contributed by atoms with Crippen LogP contribution in [-0.2, 0) is 19.5 Å². The number of pyridine rings is 2. The molecule has 3 rings (SSSR count). The molecule has 0 bridgehead atoms. The molecule has 0 radical (unpaired) electrons. The highest BCUT2D eigenvalue weighted by atomic mass is 16.2. The molecule has 22 heavy (non-hydrogen) atoms. The number of nitrogens with zero attached hydrogens (tertiary/aromatic N) is 1. The van der Waals surface area contributed by atoms with Crippen LogP contribution in [0.3, 0.4) is 0 Å². The van der Waals surface area contributed by atoms with Gasteiger partial charge in [0, 0.05) is 31.2 Å². The first-order valence-corrected chi connectivity index (χ1v) is 7.29. The van der Waals surface area contributed by atoms with Crippen LogP contribution in [0.15, 0.2) is 29.3 Å². The maximum Gasteiger partial charge on any atom is 0.260 e. The Hall–Kier alpha value is -2.47. The van der Waals surface area contributed by atoms with Gasteiger partial charge < -0.3 is 15.6 Å². The van der Waals surface area contributed by atoms with E-state index in [1.165, 1.54) is 23.4 Å². The Kier molecular flexibility index (Phi) is 4.02. The molecule has 6 nitrogen and oxygen atoms in total. The molecule has 6 heteroatoms. The number of aromatic nitrogens is 2. The number of carbonyl (C=O) groups is 1. The third-order valence-corrected chi connectivity index (χ3v) is 3.96. The number of aromatic amines is 1. The maximum absolute atomic E-state index is 12.2. The third-order valence-electron chi connectivity index (χ3n) is 3.96. The van der Waals surface area contributed by atoms with Gasteiger partial charge in [-0.05, 0) is 48.7 Å². The van der Waals surface area contributed by atoms with E-state index in [9.17, 15) is 9.59 Å². The molecule has 0 unspecified atom stereocenters. The first kappa shape index (κ1) is 14.5. The van der Waals surface area contributed by atoms with Crippen molar-refractivity contribution in [2.24, 2.45) is 0 Å². The molecule has 3 heterocycles. The second kappa shape index (κ2) is 6.11. The number of amides is 1. The standard InChI is InChI=1S/C16H18N4O2/c1-10-14(12-4-6-17-7-11(12)8-19-10)9-20-16(22)13-3-2-5-18-15(13)21/h2-3,5,8,17H,4,6-7,9H2,1H3,(H,18,21)(H,20,22). The van der Waals surface area contributed by atoms with Gasteiger partial charge in [0.1, 0.15) is 5.56 Å². The molecule has 0 saturated heterocycles. The summed E-state index contributed by atoms with van der Waals surface area (Å²) in [6.45, 7) is 4.06. The van der Waals surface area contributed by atoms with E-state index in [1.54, 1.807) is 6.07 Å². The van der Waals surface area contributed by atoms with Gasteiger partial charge in [-0.3, -0.25) is 14.6 Å². The van der Waals surface area contributed by atoms with Crippen LogP contribution in [-0.4, -0.2) is 22.4 Å². The Balaban J connectivity index is 1.81. The number of H-pyrrole nitrogens is 1. The minimum atomic E-state index is -0.380. The Morgan fingerprint density at radius 3 is 3.14 bits per heavy atom. The van der Waals surface area contributed by atoms with Crippen molar-refractivity contribution in [1.29, 1.82) is 0 Å². The average molecular weight is 298 g/mol. The van der Waals surface area contributed by atoms with E-state index in [0.717, 1.165) is 30.8 Å². The molecule has 114 valence electrons. The van der Waals surface area contributed by atoms with Gasteiger partial charge >= 0.3 is 0 Å². The zero-order chi connectivity index (χ0) is 15.5. The lowest BCUT2D eigenvalue weighted by molar-refractivity contribution is 0.0949. The first-order valence-electron chi connectivity index (χ1n) is 7.29. The number of nitrogens with one attached hydrogen (secondary N) is 3. The van der Waals surface area contributed by atoms with E-state index in [2.05, 4.69) is 20.6 Å². The lowest BCUT2D eigenvalue weighted by Crippen LogP contribution is -2.31. The zero-order valence-corrected chi connectivity index (χ0v) is 12.4. The average Bonchev–Trinajstić information content (AvgIpc) is 2.54. The summed E-state index contributed by atoms with van der Waals surface area (Å²) in [7, 11) is 0. The number of hydrogen-bond acceptors (Lipinski definition) is 4. The largest absolute Gasteiger partial charge is 0.348 e. The van der Waals surface area contributed by atoms with E-state index in [0.29, 0.717) is 6.54 Å². The molecular formula is C16H18N4O2. The van der Waals surface area contributed by atoms with Gasteiger partial charge in [0.05, 0.1) is 0 Å². The fraction of sp³-hybridized carbons (Fsp3) is 0.312. The summed E-state index contributed by atoms with van der Waals surface area (Å²) in [6.07, 6.45) is 4.33. The van der Waals surface area contributed by atoms with Crippen molar-refractivity contribution in [3.63, 3.8) is 0 Å². The Bertz CT molecular complexity index is 767. The lowest BCUT2D eigenvalue weighted by Gasteiger charge is -2.21. The normalized spacial score (nSPS) is 13.5. The highest BCUT2D eigenvalue weighted by Crippen LogP contribution is 2.20. The summed E-state index contributed by atoms with van der Waals surface area (Å²) in [4.78, 5) is 30.7. The molecule has 0 atom stereocenters. The van der Waals surface area contributed by atoms with Crippen LogP contribution in [0.1, 0.15) is 32.7 Å². The Morgan fingerprint density at radius 1 is 1.45 bits per heavy atom. The second-order valence-corrected chi connectivity index (χ2v) is 5.35. The molecule has 1 aliphatic heterocycles. The van der Waals surface area contributed by atoms with Crippen molar-refractivity contribution in [3.8, 4) is 0 Å². The fourth-order valence-corrected chi connectivity index (χ4v) is 2.74. The summed E-state index contributed by atoms with van der Waals surface area (Å²) in [6, 6.07) is 3.16.